The van der Waals surface area contributed by atoms with Crippen molar-refractivity contribution in [2.45, 2.75) is 31.7 Å². The van der Waals surface area contributed by atoms with Gasteiger partial charge in [-0.05, 0) is 42.5 Å². The van der Waals surface area contributed by atoms with Crippen LogP contribution in [0.15, 0.2) is 27.7 Å². The number of hydrogen-bond acceptors (Lipinski definition) is 2. The zero-order valence-corrected chi connectivity index (χ0v) is 10.2. The first-order valence-corrected chi connectivity index (χ1v) is 5.88. The van der Waals surface area contributed by atoms with Crippen LogP contribution in [0.25, 0.3) is 0 Å². The average Bonchev–Trinajstić information content (AvgIpc) is 2.98. The second-order valence-corrected chi connectivity index (χ2v) is 4.85. The zero-order chi connectivity index (χ0) is 10.9. The molecule has 0 aromatic heterocycles. The third kappa shape index (κ3) is 2.04. The third-order valence-electron chi connectivity index (χ3n) is 2.89. The van der Waals surface area contributed by atoms with Crippen LogP contribution in [0.1, 0.15) is 30.9 Å². The SMILES string of the molecule is CCc1cc(Br)cc(C2(N=C=O)CC2)c1. The predicted molar refractivity (Wildman–Crippen MR) is 62.6 cm³/mol. The monoisotopic (exact) mass is 265 g/mol. The highest BCUT2D eigenvalue weighted by molar-refractivity contribution is 9.10. The summed E-state index contributed by atoms with van der Waals surface area (Å²) < 4.78 is 1.06. The van der Waals surface area contributed by atoms with Crippen molar-refractivity contribution in [3.05, 3.63) is 33.8 Å². The van der Waals surface area contributed by atoms with Crippen molar-refractivity contribution >= 4 is 22.0 Å². The number of halogens is 1. The average molecular weight is 266 g/mol. The summed E-state index contributed by atoms with van der Waals surface area (Å²) in [7, 11) is 0. The van der Waals surface area contributed by atoms with E-state index in [1.807, 2.05) is 6.07 Å². The molecular formula is C12H12BrNO. The fraction of sp³-hybridized carbons (Fsp3) is 0.417. The van der Waals surface area contributed by atoms with Gasteiger partial charge >= 0.3 is 0 Å². The summed E-state index contributed by atoms with van der Waals surface area (Å²) in [6.45, 7) is 2.12. The Balaban J connectivity index is 2.44. The van der Waals surface area contributed by atoms with E-state index in [1.54, 1.807) is 6.08 Å². The van der Waals surface area contributed by atoms with Gasteiger partial charge in [0.25, 0.3) is 0 Å². The second kappa shape index (κ2) is 3.92. The summed E-state index contributed by atoms with van der Waals surface area (Å²) in [4.78, 5) is 14.3. The van der Waals surface area contributed by atoms with Gasteiger partial charge in [-0.15, -0.1) is 0 Å². The molecule has 1 aliphatic rings. The number of aryl methyl sites for hydroxylation is 1. The Morgan fingerprint density at radius 2 is 2.20 bits per heavy atom. The van der Waals surface area contributed by atoms with E-state index in [9.17, 15) is 4.79 Å². The van der Waals surface area contributed by atoms with E-state index in [-0.39, 0.29) is 5.54 Å². The maximum absolute atomic E-state index is 10.4. The lowest BCUT2D eigenvalue weighted by Crippen LogP contribution is -2.03. The van der Waals surface area contributed by atoms with E-state index in [0.717, 1.165) is 29.3 Å². The van der Waals surface area contributed by atoms with Crippen LogP contribution in [0.3, 0.4) is 0 Å². The van der Waals surface area contributed by atoms with E-state index in [1.165, 1.54) is 5.56 Å². The summed E-state index contributed by atoms with van der Waals surface area (Å²) in [6, 6.07) is 6.29. The lowest BCUT2D eigenvalue weighted by molar-refractivity contribution is 0.556. The molecule has 0 spiro atoms. The highest BCUT2D eigenvalue weighted by atomic mass is 79.9. The van der Waals surface area contributed by atoms with Crippen LogP contribution < -0.4 is 0 Å². The van der Waals surface area contributed by atoms with E-state index in [4.69, 9.17) is 0 Å². The molecule has 1 aromatic carbocycles. The molecule has 3 heteroatoms. The van der Waals surface area contributed by atoms with Crippen LogP contribution >= 0.6 is 15.9 Å². The van der Waals surface area contributed by atoms with E-state index in [0.29, 0.717) is 0 Å². The molecule has 0 saturated heterocycles. The van der Waals surface area contributed by atoms with E-state index in [2.05, 4.69) is 40.0 Å². The molecule has 0 N–H and O–H groups in total. The van der Waals surface area contributed by atoms with Crippen molar-refractivity contribution in [1.29, 1.82) is 0 Å². The molecule has 2 rings (SSSR count). The summed E-state index contributed by atoms with van der Waals surface area (Å²) >= 11 is 3.48. The first kappa shape index (κ1) is 10.6. The Morgan fingerprint density at radius 1 is 1.47 bits per heavy atom. The fourth-order valence-corrected chi connectivity index (χ4v) is 2.33. The van der Waals surface area contributed by atoms with Crippen molar-refractivity contribution in [1.82, 2.24) is 0 Å². The molecule has 1 saturated carbocycles. The molecule has 1 aliphatic carbocycles. The van der Waals surface area contributed by atoms with Gasteiger partial charge in [-0.25, -0.2) is 4.79 Å². The number of aliphatic imine (C=N–C) groups is 1. The molecule has 1 aromatic rings. The molecule has 0 bridgehead atoms. The Kier molecular flexibility index (Phi) is 2.76. The number of hydrogen-bond donors (Lipinski definition) is 0. The number of nitrogens with zero attached hydrogens (tertiary/aromatic N) is 1. The maximum atomic E-state index is 10.4. The van der Waals surface area contributed by atoms with Gasteiger partial charge in [0.1, 0.15) is 0 Å². The predicted octanol–water partition coefficient (Wildman–Crippen LogP) is 3.34. The van der Waals surface area contributed by atoms with Crippen LogP contribution in [0, 0.1) is 0 Å². The lowest BCUT2D eigenvalue weighted by atomic mass is 10.0. The molecule has 0 heterocycles. The first-order valence-electron chi connectivity index (χ1n) is 5.09. The van der Waals surface area contributed by atoms with Crippen molar-refractivity contribution in [2.24, 2.45) is 4.99 Å². The maximum Gasteiger partial charge on any atom is 0.235 e. The molecule has 0 unspecified atom stereocenters. The Bertz CT molecular complexity index is 431. The summed E-state index contributed by atoms with van der Waals surface area (Å²) in [5.74, 6) is 0. The quantitative estimate of drug-likeness (QED) is 0.609. The van der Waals surface area contributed by atoms with Gasteiger partial charge in [-0.2, -0.15) is 4.99 Å². The van der Waals surface area contributed by atoms with Crippen LogP contribution in [-0.2, 0) is 16.8 Å². The van der Waals surface area contributed by atoms with Gasteiger partial charge in [0.15, 0.2) is 0 Å². The molecule has 0 aliphatic heterocycles. The Hall–Kier alpha value is -0.920. The topological polar surface area (TPSA) is 29.4 Å². The van der Waals surface area contributed by atoms with E-state index >= 15 is 0 Å². The Labute approximate surface area is 97.5 Å². The van der Waals surface area contributed by atoms with Crippen LogP contribution in [0.4, 0.5) is 0 Å². The molecule has 0 radical (unpaired) electrons. The van der Waals surface area contributed by atoms with Crippen LogP contribution in [0.5, 0.6) is 0 Å². The van der Waals surface area contributed by atoms with Gasteiger partial charge in [0, 0.05) is 4.47 Å². The number of carbonyl (C=O) groups excluding carboxylic acids is 1. The summed E-state index contributed by atoms with van der Waals surface area (Å²) in [5, 5.41) is 0. The molecule has 1 fully saturated rings. The zero-order valence-electron chi connectivity index (χ0n) is 8.59. The summed E-state index contributed by atoms with van der Waals surface area (Å²) in [5.41, 5.74) is 2.15. The van der Waals surface area contributed by atoms with Gasteiger partial charge in [-0.1, -0.05) is 28.9 Å². The highest BCUT2D eigenvalue weighted by Crippen LogP contribution is 2.49. The number of benzene rings is 1. The van der Waals surface area contributed by atoms with Crippen LogP contribution in [-0.4, -0.2) is 6.08 Å². The number of rotatable bonds is 3. The van der Waals surface area contributed by atoms with Gasteiger partial charge in [0.05, 0.1) is 5.54 Å². The minimum atomic E-state index is -0.255. The molecule has 78 valence electrons. The summed E-state index contributed by atoms with van der Waals surface area (Å²) in [6.07, 6.45) is 4.60. The standard InChI is InChI=1S/C12H12BrNO/c1-2-9-5-10(7-11(13)6-9)12(3-4-12)14-8-15/h5-7H,2-4H2,1H3. The minimum Gasteiger partial charge on any atom is -0.211 e. The fourth-order valence-electron chi connectivity index (χ4n) is 1.79. The van der Waals surface area contributed by atoms with Gasteiger partial charge < -0.3 is 0 Å². The largest absolute Gasteiger partial charge is 0.235 e. The van der Waals surface area contributed by atoms with Crippen LogP contribution in [0.2, 0.25) is 0 Å². The third-order valence-corrected chi connectivity index (χ3v) is 3.34. The van der Waals surface area contributed by atoms with Gasteiger partial charge in [0.2, 0.25) is 6.08 Å². The lowest BCUT2D eigenvalue weighted by Gasteiger charge is -2.10. The molecular weight excluding hydrogens is 254 g/mol. The van der Waals surface area contributed by atoms with Crippen molar-refractivity contribution in [3.8, 4) is 0 Å². The molecule has 15 heavy (non-hydrogen) atoms. The Morgan fingerprint density at radius 3 is 2.73 bits per heavy atom. The van der Waals surface area contributed by atoms with Gasteiger partial charge in [-0.3, -0.25) is 0 Å². The second-order valence-electron chi connectivity index (χ2n) is 3.94. The number of isocyanates is 1. The van der Waals surface area contributed by atoms with Crippen molar-refractivity contribution < 1.29 is 4.79 Å². The molecule has 0 atom stereocenters. The van der Waals surface area contributed by atoms with Crippen molar-refractivity contribution in [2.75, 3.05) is 0 Å². The van der Waals surface area contributed by atoms with Crippen molar-refractivity contribution in [3.63, 3.8) is 0 Å². The molecule has 2 nitrogen and oxygen atoms in total. The smallest absolute Gasteiger partial charge is 0.211 e. The molecule has 0 amide bonds. The van der Waals surface area contributed by atoms with E-state index < -0.39 is 0 Å². The first-order chi connectivity index (χ1) is 7.20. The normalized spacial score (nSPS) is 16.9. The minimum absolute atomic E-state index is 0.255. The highest BCUT2D eigenvalue weighted by Gasteiger charge is 2.44.